The smallest absolute Gasteiger partial charge is 0.304 e. The Labute approximate surface area is 108 Å². The van der Waals surface area contributed by atoms with Crippen LogP contribution < -0.4 is 9.47 Å². The van der Waals surface area contributed by atoms with Gasteiger partial charge in [-0.1, -0.05) is 19.9 Å². The Hall–Kier alpha value is -1.71. The molecule has 0 unspecified atom stereocenters. The van der Waals surface area contributed by atoms with Crippen molar-refractivity contribution >= 4 is 5.97 Å². The summed E-state index contributed by atoms with van der Waals surface area (Å²) >= 11 is 0. The van der Waals surface area contributed by atoms with Crippen LogP contribution >= 0.6 is 0 Å². The maximum Gasteiger partial charge on any atom is 0.304 e. The van der Waals surface area contributed by atoms with Gasteiger partial charge in [0.2, 0.25) is 0 Å². The third kappa shape index (κ3) is 3.15. The fourth-order valence-corrected chi connectivity index (χ4v) is 2.09. The van der Waals surface area contributed by atoms with E-state index in [1.165, 1.54) is 0 Å². The average Bonchev–Trinajstić information content (AvgIpc) is 2.27. The lowest BCUT2D eigenvalue weighted by molar-refractivity contribution is -0.138. The molecule has 1 N–H and O–H groups in total. The summed E-state index contributed by atoms with van der Waals surface area (Å²) in [6.45, 7) is 6.18. The van der Waals surface area contributed by atoms with Gasteiger partial charge in [0.05, 0.1) is 20.1 Å². The molecule has 0 fully saturated rings. The van der Waals surface area contributed by atoms with Crippen LogP contribution in [0.1, 0.15) is 32.8 Å². The van der Waals surface area contributed by atoms with Crippen molar-refractivity contribution in [2.24, 2.45) is 0 Å². The highest BCUT2D eigenvalue weighted by molar-refractivity contribution is 5.70. The van der Waals surface area contributed by atoms with Crippen molar-refractivity contribution in [2.75, 3.05) is 13.7 Å². The Morgan fingerprint density at radius 3 is 2.44 bits per heavy atom. The van der Waals surface area contributed by atoms with E-state index < -0.39 is 11.4 Å². The van der Waals surface area contributed by atoms with E-state index in [0.29, 0.717) is 18.1 Å². The molecule has 1 aromatic rings. The van der Waals surface area contributed by atoms with Gasteiger partial charge in [0.25, 0.3) is 0 Å². The summed E-state index contributed by atoms with van der Waals surface area (Å²) in [7, 11) is 1.57. The van der Waals surface area contributed by atoms with Gasteiger partial charge in [-0.3, -0.25) is 4.79 Å². The number of aliphatic carboxylic acids is 1. The molecule has 0 saturated carbocycles. The van der Waals surface area contributed by atoms with Gasteiger partial charge in [-0.05, 0) is 19.1 Å². The molecule has 100 valence electrons. The highest BCUT2D eigenvalue weighted by Crippen LogP contribution is 2.40. The highest BCUT2D eigenvalue weighted by Gasteiger charge is 2.30. The number of carboxylic acid groups (broad SMARTS) is 1. The summed E-state index contributed by atoms with van der Waals surface area (Å²) in [5.74, 6) is 0.503. The average molecular weight is 252 g/mol. The van der Waals surface area contributed by atoms with Gasteiger partial charge >= 0.3 is 5.97 Å². The second-order valence-electron chi connectivity index (χ2n) is 4.72. The second-order valence-corrected chi connectivity index (χ2v) is 4.72. The zero-order chi connectivity index (χ0) is 13.8. The van der Waals surface area contributed by atoms with Gasteiger partial charge in [-0.25, -0.2) is 0 Å². The number of rotatable bonds is 6. The van der Waals surface area contributed by atoms with E-state index in [-0.39, 0.29) is 6.42 Å². The minimum absolute atomic E-state index is 0.0213. The van der Waals surface area contributed by atoms with Crippen LogP contribution in [0.4, 0.5) is 0 Å². The summed E-state index contributed by atoms with van der Waals surface area (Å²) in [4.78, 5) is 11.0. The summed E-state index contributed by atoms with van der Waals surface area (Å²) in [5.41, 5.74) is 0.250. The third-order valence-electron chi connectivity index (χ3n) is 2.78. The SMILES string of the molecule is CCOc1cccc(OC)c1C(C)(C)CC(=O)O. The lowest BCUT2D eigenvalue weighted by Gasteiger charge is -2.27. The molecular formula is C14H20O4. The predicted molar refractivity (Wildman–Crippen MR) is 69.4 cm³/mol. The first-order valence-electron chi connectivity index (χ1n) is 5.94. The maximum atomic E-state index is 11.0. The van der Waals surface area contributed by atoms with E-state index in [9.17, 15) is 4.79 Å². The molecule has 0 aromatic heterocycles. The monoisotopic (exact) mass is 252 g/mol. The van der Waals surface area contributed by atoms with Gasteiger partial charge in [0.15, 0.2) is 0 Å². The van der Waals surface area contributed by atoms with Crippen LogP contribution in [0.3, 0.4) is 0 Å². The second kappa shape index (κ2) is 5.76. The molecule has 0 spiro atoms. The predicted octanol–water partition coefficient (Wildman–Crippen LogP) is 2.85. The number of methoxy groups -OCH3 is 1. The van der Waals surface area contributed by atoms with Crippen LogP contribution in [0, 0.1) is 0 Å². The van der Waals surface area contributed by atoms with Gasteiger partial charge in [0.1, 0.15) is 11.5 Å². The van der Waals surface area contributed by atoms with Crippen LogP contribution in [-0.2, 0) is 10.2 Å². The van der Waals surface area contributed by atoms with Crippen LogP contribution in [0.15, 0.2) is 18.2 Å². The minimum atomic E-state index is -0.839. The number of carbonyl (C=O) groups is 1. The van der Waals surface area contributed by atoms with Crippen LogP contribution in [-0.4, -0.2) is 24.8 Å². The van der Waals surface area contributed by atoms with Crippen molar-refractivity contribution in [2.45, 2.75) is 32.6 Å². The first kappa shape index (κ1) is 14.4. The van der Waals surface area contributed by atoms with Gasteiger partial charge in [-0.2, -0.15) is 0 Å². The van der Waals surface area contributed by atoms with Crippen LogP contribution in [0.25, 0.3) is 0 Å². The summed E-state index contributed by atoms with van der Waals surface area (Å²) in [5, 5.41) is 9.01. The summed E-state index contributed by atoms with van der Waals surface area (Å²) < 4.78 is 10.9. The van der Waals surface area contributed by atoms with Crippen molar-refractivity contribution in [1.29, 1.82) is 0 Å². The van der Waals surface area contributed by atoms with Gasteiger partial charge in [0, 0.05) is 11.0 Å². The number of hydrogen-bond donors (Lipinski definition) is 1. The third-order valence-corrected chi connectivity index (χ3v) is 2.78. The lowest BCUT2D eigenvalue weighted by atomic mass is 9.80. The van der Waals surface area contributed by atoms with Crippen molar-refractivity contribution < 1.29 is 19.4 Å². The standard InChI is InChI=1S/C14H20O4/c1-5-18-11-8-6-7-10(17-4)13(11)14(2,3)9-12(15)16/h6-8H,5,9H2,1-4H3,(H,15,16). The zero-order valence-electron chi connectivity index (χ0n) is 11.3. The Balaban J connectivity index is 3.29. The van der Waals surface area contributed by atoms with E-state index in [2.05, 4.69) is 0 Å². The van der Waals surface area contributed by atoms with E-state index in [1.807, 2.05) is 39.0 Å². The highest BCUT2D eigenvalue weighted by atomic mass is 16.5. The Bertz CT molecular complexity index is 424. The summed E-state index contributed by atoms with van der Waals surface area (Å²) in [6, 6.07) is 5.50. The largest absolute Gasteiger partial charge is 0.496 e. The molecule has 1 rings (SSSR count). The molecule has 0 heterocycles. The zero-order valence-corrected chi connectivity index (χ0v) is 11.3. The molecule has 0 aliphatic heterocycles. The topological polar surface area (TPSA) is 55.8 Å². The molecule has 0 saturated heterocycles. The quantitative estimate of drug-likeness (QED) is 0.845. The normalized spacial score (nSPS) is 11.1. The Morgan fingerprint density at radius 1 is 1.33 bits per heavy atom. The molecule has 0 atom stereocenters. The van der Waals surface area contributed by atoms with E-state index in [4.69, 9.17) is 14.6 Å². The number of hydrogen-bond acceptors (Lipinski definition) is 3. The van der Waals surface area contributed by atoms with Crippen molar-refractivity contribution in [3.63, 3.8) is 0 Å². The van der Waals surface area contributed by atoms with Crippen molar-refractivity contribution in [3.8, 4) is 11.5 Å². The molecule has 0 aliphatic carbocycles. The maximum absolute atomic E-state index is 11.0. The minimum Gasteiger partial charge on any atom is -0.496 e. The van der Waals surface area contributed by atoms with E-state index in [1.54, 1.807) is 7.11 Å². The first-order valence-corrected chi connectivity index (χ1v) is 5.94. The fourth-order valence-electron chi connectivity index (χ4n) is 2.09. The van der Waals surface area contributed by atoms with Crippen molar-refractivity contribution in [3.05, 3.63) is 23.8 Å². The molecule has 0 amide bonds. The number of carboxylic acids is 1. The number of benzene rings is 1. The van der Waals surface area contributed by atoms with Gasteiger partial charge < -0.3 is 14.6 Å². The molecule has 4 nitrogen and oxygen atoms in total. The van der Waals surface area contributed by atoms with Crippen molar-refractivity contribution in [1.82, 2.24) is 0 Å². The lowest BCUT2D eigenvalue weighted by Crippen LogP contribution is -2.23. The molecular weight excluding hydrogens is 232 g/mol. The van der Waals surface area contributed by atoms with E-state index >= 15 is 0 Å². The number of ether oxygens (including phenoxy) is 2. The van der Waals surface area contributed by atoms with Gasteiger partial charge in [-0.15, -0.1) is 0 Å². The van der Waals surface area contributed by atoms with Crippen LogP contribution in [0.5, 0.6) is 11.5 Å². The summed E-state index contributed by atoms with van der Waals surface area (Å²) in [6.07, 6.45) is 0.0213. The van der Waals surface area contributed by atoms with Crippen LogP contribution in [0.2, 0.25) is 0 Å². The molecule has 18 heavy (non-hydrogen) atoms. The molecule has 4 heteroatoms. The molecule has 0 radical (unpaired) electrons. The Kier molecular flexibility index (Phi) is 4.59. The molecule has 0 aliphatic rings. The fraction of sp³-hybridized carbons (Fsp3) is 0.500. The Morgan fingerprint density at radius 2 is 1.94 bits per heavy atom. The molecule has 1 aromatic carbocycles. The first-order chi connectivity index (χ1) is 8.42. The van der Waals surface area contributed by atoms with E-state index in [0.717, 1.165) is 5.56 Å². The molecule has 0 bridgehead atoms.